The zero-order valence-electron chi connectivity index (χ0n) is 9.67. The van der Waals surface area contributed by atoms with Gasteiger partial charge in [-0.15, -0.1) is 0 Å². The highest BCUT2D eigenvalue weighted by molar-refractivity contribution is 9.08. The molecule has 102 valence electrons. The first-order chi connectivity index (χ1) is 8.84. The molecule has 0 fully saturated rings. The van der Waals surface area contributed by atoms with Crippen LogP contribution >= 0.6 is 27.5 Å². The van der Waals surface area contributed by atoms with Gasteiger partial charge in [0.1, 0.15) is 0 Å². The van der Waals surface area contributed by atoms with Gasteiger partial charge in [0.15, 0.2) is 5.82 Å². The number of hydrogen-bond acceptors (Lipinski definition) is 2. The molecule has 19 heavy (non-hydrogen) atoms. The van der Waals surface area contributed by atoms with Gasteiger partial charge in [0, 0.05) is 22.8 Å². The maximum atomic E-state index is 12.5. The minimum atomic E-state index is -4.46. The number of hydrogen-bond donors (Lipinski definition) is 0. The minimum Gasteiger partial charge on any atom is -0.235 e. The molecule has 0 aliphatic rings. The van der Waals surface area contributed by atoms with Gasteiger partial charge in [0.2, 0.25) is 0 Å². The molecule has 0 spiro atoms. The third-order valence-electron chi connectivity index (χ3n) is 2.61. The van der Waals surface area contributed by atoms with Crippen molar-refractivity contribution in [2.75, 3.05) is 0 Å². The lowest BCUT2D eigenvalue weighted by molar-refractivity contribution is -0.137. The van der Waals surface area contributed by atoms with Crippen LogP contribution in [0.5, 0.6) is 0 Å². The number of pyridine rings is 1. The predicted octanol–water partition coefficient (Wildman–Crippen LogP) is 4.14. The Labute approximate surface area is 120 Å². The summed E-state index contributed by atoms with van der Waals surface area (Å²) in [6, 6.07) is 0.846. The van der Waals surface area contributed by atoms with E-state index in [1.807, 2.05) is 0 Å². The lowest BCUT2D eigenvalue weighted by Gasteiger charge is -2.10. The summed E-state index contributed by atoms with van der Waals surface area (Å²) >= 11 is 9.15. The van der Waals surface area contributed by atoms with Gasteiger partial charge in [-0.25, -0.2) is 9.67 Å². The van der Waals surface area contributed by atoms with Crippen molar-refractivity contribution in [3.63, 3.8) is 0 Å². The van der Waals surface area contributed by atoms with Gasteiger partial charge < -0.3 is 0 Å². The van der Waals surface area contributed by atoms with Gasteiger partial charge in [0.25, 0.3) is 0 Å². The Kier molecular flexibility index (Phi) is 3.87. The Morgan fingerprint density at radius 2 is 2.05 bits per heavy atom. The number of rotatable bonds is 2. The summed E-state index contributed by atoms with van der Waals surface area (Å²) in [5.41, 5.74) is 0.801. The molecule has 2 heterocycles. The van der Waals surface area contributed by atoms with Crippen LogP contribution in [0.4, 0.5) is 13.2 Å². The molecule has 3 nitrogen and oxygen atoms in total. The molecule has 0 atom stereocenters. The molecule has 0 N–H and O–H groups in total. The summed E-state index contributed by atoms with van der Waals surface area (Å²) in [4.78, 5) is 3.76. The summed E-state index contributed by atoms with van der Waals surface area (Å²) in [6.07, 6.45) is -2.11. The number of nitrogens with zero attached hydrogens (tertiary/aromatic N) is 3. The fourth-order valence-corrected chi connectivity index (χ4v) is 2.33. The van der Waals surface area contributed by atoms with Crippen molar-refractivity contribution < 1.29 is 13.2 Å². The van der Waals surface area contributed by atoms with Gasteiger partial charge in [-0.2, -0.15) is 18.3 Å². The van der Waals surface area contributed by atoms with Crippen LogP contribution in [0.15, 0.2) is 18.5 Å². The zero-order valence-corrected chi connectivity index (χ0v) is 12.0. The van der Waals surface area contributed by atoms with Gasteiger partial charge in [-0.1, -0.05) is 27.5 Å². The van der Waals surface area contributed by atoms with E-state index in [9.17, 15) is 13.2 Å². The second kappa shape index (κ2) is 5.13. The average molecular weight is 355 g/mol. The van der Waals surface area contributed by atoms with Crippen molar-refractivity contribution >= 4 is 27.5 Å². The molecule has 0 bridgehead atoms. The lowest BCUT2D eigenvalue weighted by Crippen LogP contribution is -2.09. The van der Waals surface area contributed by atoms with Crippen LogP contribution in [0.1, 0.15) is 16.8 Å². The molecule has 0 aliphatic heterocycles. The van der Waals surface area contributed by atoms with E-state index in [0.29, 0.717) is 5.33 Å². The molecule has 0 radical (unpaired) electrons. The Bertz CT molecular complexity index is 610. The second-order valence-corrected chi connectivity index (χ2v) is 4.80. The van der Waals surface area contributed by atoms with Crippen LogP contribution in [0.2, 0.25) is 5.02 Å². The molecule has 0 aliphatic carbocycles. The van der Waals surface area contributed by atoms with Crippen molar-refractivity contribution in [2.45, 2.75) is 18.4 Å². The molecule has 2 aromatic heterocycles. The van der Waals surface area contributed by atoms with E-state index in [1.165, 1.54) is 4.68 Å². The van der Waals surface area contributed by atoms with Crippen molar-refractivity contribution in [1.82, 2.24) is 14.8 Å². The largest absolute Gasteiger partial charge is 0.417 e. The van der Waals surface area contributed by atoms with Crippen LogP contribution in [0.25, 0.3) is 5.82 Å². The van der Waals surface area contributed by atoms with Crippen molar-refractivity contribution in [1.29, 1.82) is 0 Å². The SMILES string of the molecule is Cc1c(CBr)cnn1-c1ncc(C(F)(F)F)cc1Cl. The van der Waals surface area contributed by atoms with Crippen molar-refractivity contribution in [2.24, 2.45) is 0 Å². The van der Waals surface area contributed by atoms with Crippen LogP contribution in [0.3, 0.4) is 0 Å². The lowest BCUT2D eigenvalue weighted by atomic mass is 10.2. The Morgan fingerprint density at radius 1 is 1.37 bits per heavy atom. The maximum absolute atomic E-state index is 12.5. The maximum Gasteiger partial charge on any atom is 0.417 e. The number of aromatic nitrogens is 3. The fourth-order valence-electron chi connectivity index (χ4n) is 1.53. The monoisotopic (exact) mass is 353 g/mol. The summed E-state index contributed by atoms with van der Waals surface area (Å²) in [6.45, 7) is 1.79. The van der Waals surface area contributed by atoms with Gasteiger partial charge in [0.05, 0.1) is 16.8 Å². The Hall–Kier alpha value is -1.08. The third kappa shape index (κ3) is 2.76. The average Bonchev–Trinajstić information content (AvgIpc) is 2.69. The van der Waals surface area contributed by atoms with E-state index in [2.05, 4.69) is 26.0 Å². The first kappa shape index (κ1) is 14.3. The Balaban J connectivity index is 2.49. The topological polar surface area (TPSA) is 30.7 Å². The van der Waals surface area contributed by atoms with Crippen molar-refractivity contribution in [3.05, 3.63) is 40.3 Å². The summed E-state index contributed by atoms with van der Waals surface area (Å²) < 4.78 is 39.0. The second-order valence-electron chi connectivity index (χ2n) is 3.83. The normalized spacial score (nSPS) is 11.9. The molecular formula is C11H8BrClF3N3. The summed E-state index contributed by atoms with van der Waals surface area (Å²) in [5.74, 6) is 0.180. The van der Waals surface area contributed by atoms with Crippen LogP contribution < -0.4 is 0 Å². The number of halogens is 5. The van der Waals surface area contributed by atoms with Crippen LogP contribution in [0, 0.1) is 6.92 Å². The van der Waals surface area contributed by atoms with Gasteiger partial charge in [-0.3, -0.25) is 0 Å². The van der Waals surface area contributed by atoms with E-state index in [4.69, 9.17) is 11.6 Å². The molecular weight excluding hydrogens is 346 g/mol. The first-order valence-electron chi connectivity index (χ1n) is 5.17. The van der Waals surface area contributed by atoms with Crippen LogP contribution in [-0.2, 0) is 11.5 Å². The molecule has 2 rings (SSSR count). The third-order valence-corrected chi connectivity index (χ3v) is 3.49. The standard InChI is InChI=1S/C11H8BrClF3N3/c1-6-7(3-12)4-18-19(6)10-9(13)2-8(5-17-10)11(14,15)16/h2,4-5H,3H2,1H3. The van der Waals surface area contributed by atoms with E-state index in [0.717, 1.165) is 23.5 Å². The van der Waals surface area contributed by atoms with E-state index >= 15 is 0 Å². The molecule has 0 aromatic carbocycles. The van der Waals surface area contributed by atoms with E-state index in [-0.39, 0.29) is 10.8 Å². The van der Waals surface area contributed by atoms with E-state index in [1.54, 1.807) is 13.1 Å². The molecule has 0 unspecified atom stereocenters. The van der Waals surface area contributed by atoms with Gasteiger partial charge in [-0.05, 0) is 13.0 Å². The quantitative estimate of drug-likeness (QED) is 0.759. The molecule has 0 saturated heterocycles. The highest BCUT2D eigenvalue weighted by atomic mass is 79.9. The van der Waals surface area contributed by atoms with E-state index < -0.39 is 11.7 Å². The van der Waals surface area contributed by atoms with Crippen LogP contribution in [-0.4, -0.2) is 14.8 Å². The molecule has 0 amide bonds. The molecule has 0 saturated carbocycles. The number of alkyl halides is 4. The summed E-state index contributed by atoms with van der Waals surface area (Å²) in [5, 5.41) is 4.57. The summed E-state index contributed by atoms with van der Waals surface area (Å²) in [7, 11) is 0. The fraction of sp³-hybridized carbons (Fsp3) is 0.273. The smallest absolute Gasteiger partial charge is 0.235 e. The molecule has 2 aromatic rings. The van der Waals surface area contributed by atoms with Gasteiger partial charge >= 0.3 is 6.18 Å². The first-order valence-corrected chi connectivity index (χ1v) is 6.67. The van der Waals surface area contributed by atoms with Crippen molar-refractivity contribution in [3.8, 4) is 5.82 Å². The minimum absolute atomic E-state index is 0.0952. The highest BCUT2D eigenvalue weighted by Gasteiger charge is 2.31. The molecule has 8 heteroatoms. The Morgan fingerprint density at radius 3 is 2.53 bits per heavy atom. The predicted molar refractivity (Wildman–Crippen MR) is 68.7 cm³/mol. The zero-order chi connectivity index (χ0) is 14.2. The highest BCUT2D eigenvalue weighted by Crippen LogP contribution is 2.32.